The first-order valence-electron chi connectivity index (χ1n) is 4.40. The van der Waals surface area contributed by atoms with E-state index >= 15 is 0 Å². The van der Waals surface area contributed by atoms with E-state index in [0.717, 1.165) is 10.0 Å². The lowest BCUT2D eigenvalue weighted by atomic mass is 10.2. The van der Waals surface area contributed by atoms with Crippen LogP contribution in [-0.2, 0) is 11.3 Å². The average Bonchev–Trinajstić information content (AvgIpc) is 2.20. The second-order valence-electron chi connectivity index (χ2n) is 2.81. The van der Waals surface area contributed by atoms with Crippen LogP contribution in [0.3, 0.4) is 0 Å². The van der Waals surface area contributed by atoms with Crippen molar-refractivity contribution in [3.8, 4) is 0 Å². The van der Waals surface area contributed by atoms with E-state index in [9.17, 15) is 0 Å². The highest BCUT2D eigenvalue weighted by Crippen LogP contribution is 2.07. The predicted molar refractivity (Wildman–Crippen MR) is 60.2 cm³/mol. The summed E-state index contributed by atoms with van der Waals surface area (Å²) in [6, 6.07) is 9.98. The molecule has 1 rings (SSSR count). The zero-order chi connectivity index (χ0) is 10.2. The van der Waals surface area contributed by atoms with Crippen LogP contribution >= 0.6 is 15.9 Å². The molecule has 0 aliphatic rings. The fraction of sp³-hybridized carbons (Fsp3) is 0.273. The highest BCUT2D eigenvalue weighted by molar-refractivity contribution is 9.11. The normalized spacial score (nSPS) is 11.7. The third-order valence-corrected chi connectivity index (χ3v) is 2.22. The molecule has 76 valence electrons. The van der Waals surface area contributed by atoms with E-state index in [-0.39, 0.29) is 6.61 Å². The third-order valence-electron chi connectivity index (χ3n) is 1.66. The van der Waals surface area contributed by atoms with Crippen molar-refractivity contribution in [2.45, 2.75) is 6.61 Å². The summed E-state index contributed by atoms with van der Waals surface area (Å²) < 4.78 is 6.28. The van der Waals surface area contributed by atoms with Gasteiger partial charge in [-0.15, -0.1) is 0 Å². The van der Waals surface area contributed by atoms with Crippen LogP contribution in [0.4, 0.5) is 0 Å². The number of ether oxygens (including phenoxy) is 1. The summed E-state index contributed by atoms with van der Waals surface area (Å²) in [6.07, 6.45) is 1.67. The maximum Gasteiger partial charge on any atom is 0.0784 e. The molecule has 0 heterocycles. The molecule has 0 saturated carbocycles. The lowest BCUT2D eigenvalue weighted by molar-refractivity contribution is 0.146. The van der Waals surface area contributed by atoms with Gasteiger partial charge in [-0.25, -0.2) is 0 Å². The van der Waals surface area contributed by atoms with Crippen molar-refractivity contribution in [3.05, 3.63) is 46.5 Å². The van der Waals surface area contributed by atoms with Gasteiger partial charge in [0, 0.05) is 4.48 Å². The van der Waals surface area contributed by atoms with E-state index in [2.05, 4.69) is 15.9 Å². The molecule has 1 aromatic rings. The Kier molecular flexibility index (Phi) is 5.52. The summed E-state index contributed by atoms with van der Waals surface area (Å²) in [4.78, 5) is 0. The fourth-order valence-electron chi connectivity index (χ4n) is 0.999. The van der Waals surface area contributed by atoms with Crippen LogP contribution in [0.2, 0.25) is 0 Å². The number of rotatable bonds is 5. The van der Waals surface area contributed by atoms with Crippen LogP contribution in [-0.4, -0.2) is 18.3 Å². The quantitative estimate of drug-likeness (QED) is 0.878. The van der Waals surface area contributed by atoms with Crippen molar-refractivity contribution in [2.24, 2.45) is 0 Å². The molecular formula is C11H13BrO2. The Morgan fingerprint density at radius 3 is 2.71 bits per heavy atom. The molecule has 0 unspecified atom stereocenters. The molecule has 0 atom stereocenters. The smallest absolute Gasteiger partial charge is 0.0784 e. The Labute approximate surface area is 92.3 Å². The van der Waals surface area contributed by atoms with E-state index in [1.54, 1.807) is 6.08 Å². The van der Waals surface area contributed by atoms with Gasteiger partial charge in [-0.2, -0.15) is 0 Å². The first-order valence-corrected chi connectivity index (χ1v) is 5.19. The lowest BCUT2D eigenvalue weighted by Gasteiger charge is -2.03. The van der Waals surface area contributed by atoms with Gasteiger partial charge in [0.15, 0.2) is 0 Å². The number of hydrogen-bond acceptors (Lipinski definition) is 2. The van der Waals surface area contributed by atoms with E-state index in [1.165, 1.54) is 0 Å². The summed E-state index contributed by atoms with van der Waals surface area (Å²) in [5, 5.41) is 8.59. The highest BCUT2D eigenvalue weighted by Gasteiger charge is 1.93. The van der Waals surface area contributed by atoms with Gasteiger partial charge in [0.1, 0.15) is 0 Å². The van der Waals surface area contributed by atoms with Gasteiger partial charge in [0.05, 0.1) is 19.8 Å². The number of hydrogen-bond donors (Lipinski definition) is 1. The summed E-state index contributed by atoms with van der Waals surface area (Å²) in [5.41, 5.74) is 1.15. The topological polar surface area (TPSA) is 29.5 Å². The molecule has 14 heavy (non-hydrogen) atoms. The predicted octanol–water partition coefficient (Wildman–Crippen LogP) is 2.47. The molecular weight excluding hydrogens is 244 g/mol. The van der Waals surface area contributed by atoms with Gasteiger partial charge in [-0.3, -0.25) is 0 Å². The highest BCUT2D eigenvalue weighted by atomic mass is 79.9. The zero-order valence-corrected chi connectivity index (χ0v) is 9.40. The Balaban J connectivity index is 2.25. The molecule has 1 aromatic carbocycles. The Hall–Kier alpha value is -0.640. The SMILES string of the molecule is OC/C=C(\Br)COCc1ccccc1. The van der Waals surface area contributed by atoms with Crippen molar-refractivity contribution in [2.75, 3.05) is 13.2 Å². The molecule has 0 aliphatic heterocycles. The van der Waals surface area contributed by atoms with Gasteiger partial charge in [0.2, 0.25) is 0 Å². The van der Waals surface area contributed by atoms with Crippen molar-refractivity contribution in [1.29, 1.82) is 0 Å². The second-order valence-corrected chi connectivity index (χ2v) is 3.83. The molecule has 0 aromatic heterocycles. The summed E-state index contributed by atoms with van der Waals surface area (Å²) >= 11 is 3.29. The van der Waals surface area contributed by atoms with Crippen molar-refractivity contribution in [3.63, 3.8) is 0 Å². The van der Waals surface area contributed by atoms with E-state index in [4.69, 9.17) is 9.84 Å². The van der Waals surface area contributed by atoms with E-state index in [0.29, 0.717) is 13.2 Å². The monoisotopic (exact) mass is 256 g/mol. The maximum atomic E-state index is 8.59. The summed E-state index contributed by atoms with van der Waals surface area (Å²) in [6.45, 7) is 1.12. The molecule has 0 amide bonds. The Morgan fingerprint density at radius 2 is 2.07 bits per heavy atom. The standard InChI is InChI=1S/C11H13BrO2/c12-11(6-7-13)9-14-8-10-4-2-1-3-5-10/h1-6,13H,7-9H2/b11-6-. The lowest BCUT2D eigenvalue weighted by Crippen LogP contribution is -1.95. The molecule has 0 bridgehead atoms. The number of aliphatic hydroxyl groups is 1. The van der Waals surface area contributed by atoms with Gasteiger partial charge in [-0.05, 0) is 11.6 Å². The van der Waals surface area contributed by atoms with Crippen molar-refractivity contribution in [1.82, 2.24) is 0 Å². The molecule has 0 aliphatic carbocycles. The first kappa shape index (κ1) is 11.4. The third kappa shape index (κ3) is 4.56. The van der Waals surface area contributed by atoms with Gasteiger partial charge in [-0.1, -0.05) is 46.3 Å². The van der Waals surface area contributed by atoms with Crippen LogP contribution in [0.5, 0.6) is 0 Å². The zero-order valence-electron chi connectivity index (χ0n) is 7.82. The van der Waals surface area contributed by atoms with Crippen molar-refractivity contribution < 1.29 is 9.84 Å². The molecule has 0 radical (unpaired) electrons. The first-order chi connectivity index (χ1) is 6.83. The molecule has 0 saturated heterocycles. The minimum absolute atomic E-state index is 0.0370. The van der Waals surface area contributed by atoms with Crippen LogP contribution in [0.15, 0.2) is 40.9 Å². The van der Waals surface area contributed by atoms with E-state index < -0.39 is 0 Å². The maximum absolute atomic E-state index is 8.59. The summed E-state index contributed by atoms with van der Waals surface area (Å²) in [7, 11) is 0. The Bertz CT molecular complexity index is 283. The van der Waals surface area contributed by atoms with Crippen LogP contribution in [0.25, 0.3) is 0 Å². The molecule has 1 N–H and O–H groups in total. The van der Waals surface area contributed by atoms with Gasteiger partial charge < -0.3 is 9.84 Å². The minimum atomic E-state index is 0.0370. The molecule has 0 fully saturated rings. The van der Waals surface area contributed by atoms with Gasteiger partial charge in [0.25, 0.3) is 0 Å². The van der Waals surface area contributed by atoms with E-state index in [1.807, 2.05) is 30.3 Å². The largest absolute Gasteiger partial charge is 0.392 e. The van der Waals surface area contributed by atoms with Crippen LogP contribution < -0.4 is 0 Å². The minimum Gasteiger partial charge on any atom is -0.392 e. The fourth-order valence-corrected chi connectivity index (χ4v) is 1.31. The summed E-state index contributed by atoms with van der Waals surface area (Å²) in [5.74, 6) is 0. The number of halogens is 1. The van der Waals surface area contributed by atoms with Crippen molar-refractivity contribution >= 4 is 15.9 Å². The Morgan fingerprint density at radius 1 is 1.36 bits per heavy atom. The number of benzene rings is 1. The number of aliphatic hydroxyl groups excluding tert-OH is 1. The average molecular weight is 257 g/mol. The molecule has 2 nitrogen and oxygen atoms in total. The molecule has 0 spiro atoms. The van der Waals surface area contributed by atoms with Gasteiger partial charge >= 0.3 is 0 Å². The molecule has 3 heteroatoms. The van der Waals surface area contributed by atoms with Crippen LogP contribution in [0.1, 0.15) is 5.56 Å². The second kappa shape index (κ2) is 6.76. The van der Waals surface area contributed by atoms with Crippen LogP contribution in [0, 0.1) is 0 Å².